The summed E-state index contributed by atoms with van der Waals surface area (Å²) >= 11 is 0. The topological polar surface area (TPSA) is 55.8 Å². The van der Waals surface area contributed by atoms with Gasteiger partial charge in [0, 0.05) is 13.0 Å². The van der Waals surface area contributed by atoms with Crippen molar-refractivity contribution in [1.29, 1.82) is 0 Å². The van der Waals surface area contributed by atoms with Gasteiger partial charge in [0.2, 0.25) is 0 Å². The number of carbonyl (C=O) groups is 1. The van der Waals surface area contributed by atoms with Crippen LogP contribution in [0.5, 0.6) is 0 Å². The van der Waals surface area contributed by atoms with Crippen LogP contribution in [0.25, 0.3) is 0 Å². The van der Waals surface area contributed by atoms with Crippen LogP contribution >= 0.6 is 0 Å². The molecule has 1 atom stereocenters. The van der Waals surface area contributed by atoms with E-state index in [1.807, 2.05) is 0 Å². The summed E-state index contributed by atoms with van der Waals surface area (Å²) in [4.78, 5) is 12.3. The molecule has 0 saturated heterocycles. The second kappa shape index (κ2) is 50.0. The van der Waals surface area contributed by atoms with Crippen LogP contribution in [0.15, 0.2) is 24.3 Å². The molecule has 332 valence electrons. The average molecular weight is 789 g/mol. The van der Waals surface area contributed by atoms with E-state index in [0.29, 0.717) is 19.6 Å². The number of hydrogen-bond acceptors (Lipinski definition) is 4. The first kappa shape index (κ1) is 54.9. The normalized spacial score (nSPS) is 12.4. The number of aliphatic hydroxyl groups is 1. The Balaban J connectivity index is 3.37. The molecule has 0 rings (SSSR count). The number of allylic oxidation sites excluding steroid dienone is 4. The summed E-state index contributed by atoms with van der Waals surface area (Å²) < 4.78 is 11.2. The SMILES string of the molecule is CCCCCCC/C=C\C/C=C\CCCCCCCCCCCCOCC(CO)OC(=O)CCCCCCCCCCCCCCCCCCCCCCCC. The van der Waals surface area contributed by atoms with Crippen LogP contribution in [0.3, 0.4) is 0 Å². The molecule has 0 bridgehead atoms. The molecule has 1 unspecified atom stereocenters. The Morgan fingerprint density at radius 1 is 0.429 bits per heavy atom. The van der Waals surface area contributed by atoms with Crippen LogP contribution < -0.4 is 0 Å². The quantitative estimate of drug-likeness (QED) is 0.0379. The Hall–Kier alpha value is -1.13. The van der Waals surface area contributed by atoms with Gasteiger partial charge in [-0.25, -0.2) is 0 Å². The number of rotatable bonds is 48. The van der Waals surface area contributed by atoms with Gasteiger partial charge in [-0.3, -0.25) is 4.79 Å². The summed E-state index contributed by atoms with van der Waals surface area (Å²) in [6.45, 7) is 5.38. The number of ether oxygens (including phenoxy) is 2. The molecule has 0 aliphatic carbocycles. The third-order valence-corrected chi connectivity index (χ3v) is 11.5. The first-order chi connectivity index (χ1) is 27.7. The third kappa shape index (κ3) is 47.2. The predicted octanol–water partition coefficient (Wildman–Crippen LogP) is 17.1. The Morgan fingerprint density at radius 3 is 1.11 bits per heavy atom. The molecule has 4 nitrogen and oxygen atoms in total. The van der Waals surface area contributed by atoms with Crippen molar-refractivity contribution in [3.63, 3.8) is 0 Å². The van der Waals surface area contributed by atoms with Gasteiger partial charge < -0.3 is 14.6 Å². The van der Waals surface area contributed by atoms with E-state index in [9.17, 15) is 9.90 Å². The minimum absolute atomic E-state index is 0.168. The molecular formula is C52H100O4. The van der Waals surface area contributed by atoms with Crippen molar-refractivity contribution in [3.8, 4) is 0 Å². The number of esters is 1. The molecule has 0 heterocycles. The summed E-state index contributed by atoms with van der Waals surface area (Å²) in [5.41, 5.74) is 0. The van der Waals surface area contributed by atoms with Gasteiger partial charge in [0.1, 0.15) is 6.10 Å². The minimum Gasteiger partial charge on any atom is -0.457 e. The van der Waals surface area contributed by atoms with E-state index in [2.05, 4.69) is 38.2 Å². The van der Waals surface area contributed by atoms with Gasteiger partial charge in [0.05, 0.1) is 13.2 Å². The molecule has 0 aromatic heterocycles. The van der Waals surface area contributed by atoms with Crippen LogP contribution in [0.1, 0.15) is 277 Å². The largest absolute Gasteiger partial charge is 0.457 e. The van der Waals surface area contributed by atoms with Gasteiger partial charge in [-0.2, -0.15) is 0 Å². The van der Waals surface area contributed by atoms with Crippen molar-refractivity contribution in [2.24, 2.45) is 0 Å². The first-order valence-electron chi connectivity index (χ1n) is 25.4. The molecule has 4 heteroatoms. The van der Waals surface area contributed by atoms with Crippen molar-refractivity contribution in [2.45, 2.75) is 283 Å². The van der Waals surface area contributed by atoms with Crippen molar-refractivity contribution in [3.05, 3.63) is 24.3 Å². The highest BCUT2D eigenvalue weighted by atomic mass is 16.6. The van der Waals surface area contributed by atoms with Crippen molar-refractivity contribution >= 4 is 5.97 Å². The summed E-state index contributed by atoms with van der Waals surface area (Å²) in [6.07, 6.45) is 62.7. The number of hydrogen-bond donors (Lipinski definition) is 1. The molecule has 0 aromatic carbocycles. The van der Waals surface area contributed by atoms with Gasteiger partial charge in [-0.15, -0.1) is 0 Å². The van der Waals surface area contributed by atoms with Gasteiger partial charge in [-0.1, -0.05) is 250 Å². The Kier molecular flexibility index (Phi) is 49.0. The van der Waals surface area contributed by atoms with Crippen LogP contribution in [0, 0.1) is 0 Å². The molecule has 0 fully saturated rings. The monoisotopic (exact) mass is 789 g/mol. The lowest BCUT2D eigenvalue weighted by Crippen LogP contribution is -2.27. The summed E-state index contributed by atoms with van der Waals surface area (Å²) in [5.74, 6) is -0.195. The Bertz CT molecular complexity index is 792. The molecule has 1 N–H and O–H groups in total. The van der Waals surface area contributed by atoms with Crippen molar-refractivity contribution in [1.82, 2.24) is 0 Å². The lowest BCUT2D eigenvalue weighted by molar-refractivity contribution is -0.154. The fourth-order valence-electron chi connectivity index (χ4n) is 7.71. The lowest BCUT2D eigenvalue weighted by atomic mass is 10.0. The maximum atomic E-state index is 12.3. The average Bonchev–Trinajstić information content (AvgIpc) is 3.20. The van der Waals surface area contributed by atoms with E-state index >= 15 is 0 Å². The van der Waals surface area contributed by atoms with E-state index in [1.165, 1.54) is 231 Å². The molecule has 0 aromatic rings. The molecule has 0 radical (unpaired) electrons. The van der Waals surface area contributed by atoms with Gasteiger partial charge in [0.15, 0.2) is 0 Å². The fraction of sp³-hybridized carbons (Fsp3) is 0.904. The molecule has 0 aliphatic rings. The van der Waals surface area contributed by atoms with Crippen LogP contribution in [0.2, 0.25) is 0 Å². The molecule has 0 amide bonds. The molecule has 0 aliphatic heterocycles. The van der Waals surface area contributed by atoms with Gasteiger partial charge in [0.25, 0.3) is 0 Å². The van der Waals surface area contributed by atoms with Crippen molar-refractivity contribution in [2.75, 3.05) is 19.8 Å². The third-order valence-electron chi connectivity index (χ3n) is 11.5. The zero-order chi connectivity index (χ0) is 40.5. The predicted molar refractivity (Wildman–Crippen MR) is 247 cm³/mol. The second-order valence-electron chi connectivity index (χ2n) is 17.2. The standard InChI is InChI=1S/C52H100O4/c1-3-5-7-9-11-13-15-17-19-21-23-25-27-29-31-33-35-37-39-41-43-45-47-52(54)56-51(49-53)50-55-48-46-44-42-40-38-36-34-32-30-28-26-24-22-20-18-16-14-12-10-8-6-4-2/h16,18,22,24,51,53H,3-15,17,19-21,23,25-50H2,1-2H3/b18-16-,24-22-. The zero-order valence-corrected chi connectivity index (χ0v) is 38.2. The highest BCUT2D eigenvalue weighted by Gasteiger charge is 2.13. The highest BCUT2D eigenvalue weighted by Crippen LogP contribution is 2.16. The van der Waals surface area contributed by atoms with Crippen LogP contribution in [0.4, 0.5) is 0 Å². The van der Waals surface area contributed by atoms with E-state index in [-0.39, 0.29) is 12.6 Å². The van der Waals surface area contributed by atoms with Crippen molar-refractivity contribution < 1.29 is 19.4 Å². The lowest BCUT2D eigenvalue weighted by Gasteiger charge is -2.16. The number of unbranched alkanes of at least 4 members (excludes halogenated alkanes) is 36. The number of aliphatic hydroxyl groups excluding tert-OH is 1. The maximum Gasteiger partial charge on any atom is 0.306 e. The summed E-state index contributed by atoms with van der Waals surface area (Å²) in [7, 11) is 0. The van der Waals surface area contributed by atoms with Gasteiger partial charge in [-0.05, 0) is 44.9 Å². The van der Waals surface area contributed by atoms with E-state index in [0.717, 1.165) is 25.7 Å². The van der Waals surface area contributed by atoms with E-state index < -0.39 is 6.10 Å². The molecular weight excluding hydrogens is 689 g/mol. The molecule has 0 saturated carbocycles. The smallest absolute Gasteiger partial charge is 0.306 e. The second-order valence-corrected chi connectivity index (χ2v) is 17.2. The van der Waals surface area contributed by atoms with Gasteiger partial charge >= 0.3 is 5.97 Å². The molecule has 0 spiro atoms. The van der Waals surface area contributed by atoms with E-state index in [1.54, 1.807) is 0 Å². The van der Waals surface area contributed by atoms with Crippen LogP contribution in [-0.2, 0) is 14.3 Å². The fourth-order valence-corrected chi connectivity index (χ4v) is 7.71. The van der Waals surface area contributed by atoms with Crippen LogP contribution in [-0.4, -0.2) is 37.0 Å². The Labute approximate surface area is 351 Å². The van der Waals surface area contributed by atoms with E-state index in [4.69, 9.17) is 9.47 Å². The number of carbonyl (C=O) groups excluding carboxylic acids is 1. The maximum absolute atomic E-state index is 12.3. The minimum atomic E-state index is -0.532. The summed E-state index contributed by atoms with van der Waals surface area (Å²) in [6, 6.07) is 0. The first-order valence-corrected chi connectivity index (χ1v) is 25.4. The zero-order valence-electron chi connectivity index (χ0n) is 38.2. The Morgan fingerprint density at radius 2 is 0.750 bits per heavy atom. The molecule has 56 heavy (non-hydrogen) atoms. The highest BCUT2D eigenvalue weighted by molar-refractivity contribution is 5.69. The summed E-state index contributed by atoms with van der Waals surface area (Å²) in [5, 5.41) is 9.65.